The molecule has 11 heteroatoms. The first-order chi connectivity index (χ1) is 14.0. The van der Waals surface area contributed by atoms with Gasteiger partial charge in [0.05, 0.1) is 22.9 Å². The number of amides is 1. The number of benzene rings is 2. The number of rotatable bonds is 7. The summed E-state index contributed by atoms with van der Waals surface area (Å²) in [5, 5.41) is 2.95. The Bertz CT molecular complexity index is 1120. The van der Waals surface area contributed by atoms with Crippen LogP contribution < -0.4 is 5.32 Å². The summed E-state index contributed by atoms with van der Waals surface area (Å²) in [6, 6.07) is 10.2. The van der Waals surface area contributed by atoms with Crippen LogP contribution >= 0.6 is 11.6 Å². The van der Waals surface area contributed by atoms with E-state index in [1.165, 1.54) is 48.5 Å². The molecule has 1 amide bonds. The highest BCUT2D eigenvalue weighted by Crippen LogP contribution is 2.21. The highest BCUT2D eigenvalue weighted by molar-refractivity contribution is 7.91. The number of sulfone groups is 1. The van der Waals surface area contributed by atoms with E-state index in [0.29, 0.717) is 10.6 Å². The third-order valence-electron chi connectivity index (χ3n) is 4.64. The standard InChI is InChI=1S/C19H20ClFN2O5S2/c20-15-3-7-18(8-4-15)30(27,28)23(11-14-1-5-16(21)6-2-14)12-19(24)22-17-9-10-29(25,26)13-17/h1-8,17H,9-13H2,(H,22,24). The molecule has 7 nitrogen and oxygen atoms in total. The van der Waals surface area contributed by atoms with Crippen molar-refractivity contribution in [2.24, 2.45) is 0 Å². The molecule has 1 aliphatic rings. The van der Waals surface area contributed by atoms with Crippen molar-refractivity contribution in [2.45, 2.75) is 23.9 Å². The van der Waals surface area contributed by atoms with Crippen molar-refractivity contribution in [1.29, 1.82) is 0 Å². The molecule has 0 aromatic heterocycles. The van der Waals surface area contributed by atoms with E-state index in [9.17, 15) is 26.0 Å². The second-order valence-electron chi connectivity index (χ2n) is 7.02. The topological polar surface area (TPSA) is 101 Å². The smallest absolute Gasteiger partial charge is 0.243 e. The fourth-order valence-electron chi connectivity index (χ4n) is 3.12. The lowest BCUT2D eigenvalue weighted by molar-refractivity contribution is -0.121. The maximum absolute atomic E-state index is 13.2. The molecule has 3 rings (SSSR count). The van der Waals surface area contributed by atoms with Crippen molar-refractivity contribution >= 4 is 37.4 Å². The fourth-order valence-corrected chi connectivity index (χ4v) is 6.30. The van der Waals surface area contributed by atoms with Gasteiger partial charge in [-0.2, -0.15) is 4.31 Å². The zero-order valence-corrected chi connectivity index (χ0v) is 18.2. The van der Waals surface area contributed by atoms with Crippen molar-refractivity contribution in [3.05, 3.63) is 64.9 Å². The van der Waals surface area contributed by atoms with Crippen LogP contribution in [-0.4, -0.2) is 51.1 Å². The summed E-state index contributed by atoms with van der Waals surface area (Å²) in [4.78, 5) is 12.5. The van der Waals surface area contributed by atoms with Crippen molar-refractivity contribution in [3.63, 3.8) is 0 Å². The van der Waals surface area contributed by atoms with Crippen molar-refractivity contribution < 1.29 is 26.0 Å². The number of nitrogens with zero attached hydrogens (tertiary/aromatic N) is 1. The molecule has 1 fully saturated rings. The molecule has 1 N–H and O–H groups in total. The summed E-state index contributed by atoms with van der Waals surface area (Å²) < 4.78 is 63.6. The van der Waals surface area contributed by atoms with Gasteiger partial charge >= 0.3 is 0 Å². The zero-order valence-electron chi connectivity index (χ0n) is 15.8. The number of nitrogens with one attached hydrogen (secondary N) is 1. The van der Waals surface area contributed by atoms with Crippen LogP contribution in [0, 0.1) is 5.82 Å². The average molecular weight is 475 g/mol. The van der Waals surface area contributed by atoms with Crippen molar-refractivity contribution in [3.8, 4) is 0 Å². The fraction of sp³-hybridized carbons (Fsp3) is 0.316. The Morgan fingerprint density at radius 1 is 1.13 bits per heavy atom. The molecule has 0 aliphatic carbocycles. The number of hydrogen-bond acceptors (Lipinski definition) is 5. The lowest BCUT2D eigenvalue weighted by atomic mass is 10.2. The van der Waals surface area contributed by atoms with Gasteiger partial charge in [-0.1, -0.05) is 23.7 Å². The van der Waals surface area contributed by atoms with Gasteiger partial charge in [-0.3, -0.25) is 4.79 Å². The minimum absolute atomic E-state index is 0.0136. The summed E-state index contributed by atoms with van der Waals surface area (Å²) in [7, 11) is -7.27. The Hall–Kier alpha value is -2.01. The Morgan fingerprint density at radius 2 is 1.77 bits per heavy atom. The maximum atomic E-state index is 13.2. The van der Waals surface area contributed by atoms with E-state index in [1.54, 1.807) is 0 Å². The second kappa shape index (κ2) is 9.01. The number of carbonyl (C=O) groups excluding carboxylic acids is 1. The molecule has 1 aliphatic heterocycles. The molecular weight excluding hydrogens is 455 g/mol. The molecule has 162 valence electrons. The summed E-state index contributed by atoms with van der Waals surface area (Å²) in [5.74, 6) is -1.26. The van der Waals surface area contributed by atoms with Gasteiger partial charge in [0, 0.05) is 17.6 Å². The van der Waals surface area contributed by atoms with E-state index < -0.39 is 44.2 Å². The first kappa shape index (κ1) is 22.7. The van der Waals surface area contributed by atoms with E-state index in [1.807, 2.05) is 0 Å². The van der Waals surface area contributed by atoms with E-state index in [4.69, 9.17) is 11.6 Å². The molecule has 1 unspecified atom stereocenters. The Labute approximate surface area is 179 Å². The molecule has 0 spiro atoms. The summed E-state index contributed by atoms with van der Waals surface area (Å²) in [6.07, 6.45) is 0.288. The number of halogens is 2. The number of sulfonamides is 1. The van der Waals surface area contributed by atoms with Gasteiger partial charge in [-0.05, 0) is 48.4 Å². The minimum Gasteiger partial charge on any atom is -0.351 e. The van der Waals surface area contributed by atoms with Crippen LogP contribution in [0.15, 0.2) is 53.4 Å². The van der Waals surface area contributed by atoms with Crippen LogP contribution in [0.3, 0.4) is 0 Å². The van der Waals surface area contributed by atoms with Crippen LogP contribution in [0.25, 0.3) is 0 Å². The quantitative estimate of drug-likeness (QED) is 0.661. The van der Waals surface area contributed by atoms with Gasteiger partial charge in [0.2, 0.25) is 15.9 Å². The van der Waals surface area contributed by atoms with Gasteiger partial charge in [0.15, 0.2) is 9.84 Å². The van der Waals surface area contributed by atoms with Gasteiger partial charge in [-0.25, -0.2) is 21.2 Å². The minimum atomic E-state index is -4.08. The van der Waals surface area contributed by atoms with Crippen LogP contribution in [0.5, 0.6) is 0 Å². The number of carbonyl (C=O) groups is 1. The SMILES string of the molecule is O=C(CN(Cc1ccc(F)cc1)S(=O)(=O)c1ccc(Cl)cc1)NC1CCS(=O)(=O)C1. The van der Waals surface area contributed by atoms with Crippen LogP contribution in [0.2, 0.25) is 5.02 Å². The molecule has 0 bridgehead atoms. The van der Waals surface area contributed by atoms with E-state index in [2.05, 4.69) is 5.32 Å². The summed E-state index contributed by atoms with van der Waals surface area (Å²) >= 11 is 5.83. The third kappa shape index (κ3) is 5.78. The average Bonchev–Trinajstić information content (AvgIpc) is 3.01. The molecule has 0 radical (unpaired) electrons. The maximum Gasteiger partial charge on any atom is 0.243 e. The lowest BCUT2D eigenvalue weighted by Gasteiger charge is -2.23. The Morgan fingerprint density at radius 3 is 2.33 bits per heavy atom. The monoisotopic (exact) mass is 474 g/mol. The largest absolute Gasteiger partial charge is 0.351 e. The first-order valence-electron chi connectivity index (χ1n) is 9.05. The molecule has 2 aromatic carbocycles. The summed E-state index contributed by atoms with van der Waals surface area (Å²) in [6.45, 7) is -0.680. The highest BCUT2D eigenvalue weighted by atomic mass is 35.5. The first-order valence-corrected chi connectivity index (χ1v) is 12.7. The summed E-state index contributed by atoms with van der Waals surface area (Å²) in [5.41, 5.74) is 0.491. The molecular formula is C19H20ClFN2O5S2. The van der Waals surface area contributed by atoms with Crippen molar-refractivity contribution in [2.75, 3.05) is 18.1 Å². The zero-order chi connectivity index (χ0) is 21.9. The predicted octanol–water partition coefficient (Wildman–Crippen LogP) is 1.97. The van der Waals surface area contributed by atoms with Gasteiger partial charge in [0.1, 0.15) is 5.82 Å². The molecule has 30 heavy (non-hydrogen) atoms. The molecule has 1 saturated heterocycles. The Kier molecular flexibility index (Phi) is 6.81. The molecule has 1 atom stereocenters. The Balaban J connectivity index is 1.82. The molecule has 1 heterocycles. The second-order valence-corrected chi connectivity index (χ2v) is 11.6. The van der Waals surface area contributed by atoms with Crippen LogP contribution in [0.1, 0.15) is 12.0 Å². The van der Waals surface area contributed by atoms with E-state index >= 15 is 0 Å². The molecule has 0 saturated carbocycles. The normalized spacial score (nSPS) is 18.4. The van der Waals surface area contributed by atoms with E-state index in [0.717, 1.165) is 4.31 Å². The predicted molar refractivity (Wildman–Crippen MR) is 111 cm³/mol. The molecule has 2 aromatic rings. The third-order valence-corrected chi connectivity index (χ3v) is 8.47. The van der Waals surface area contributed by atoms with Crippen molar-refractivity contribution in [1.82, 2.24) is 9.62 Å². The van der Waals surface area contributed by atoms with Gasteiger partial charge in [0.25, 0.3) is 0 Å². The lowest BCUT2D eigenvalue weighted by Crippen LogP contribution is -2.44. The van der Waals surface area contributed by atoms with E-state index in [-0.39, 0.29) is 29.4 Å². The van der Waals surface area contributed by atoms with Crippen LogP contribution in [0.4, 0.5) is 4.39 Å². The van der Waals surface area contributed by atoms with Crippen LogP contribution in [-0.2, 0) is 31.2 Å². The number of hydrogen-bond donors (Lipinski definition) is 1. The highest BCUT2D eigenvalue weighted by Gasteiger charge is 2.31. The van der Waals surface area contributed by atoms with Gasteiger partial charge < -0.3 is 5.32 Å². The van der Waals surface area contributed by atoms with Gasteiger partial charge in [-0.15, -0.1) is 0 Å².